The van der Waals surface area contributed by atoms with E-state index in [0.29, 0.717) is 43.4 Å². The molecule has 1 aliphatic heterocycles. The molecule has 1 fully saturated rings. The third-order valence-electron chi connectivity index (χ3n) is 5.39. The van der Waals surface area contributed by atoms with Crippen LogP contribution >= 0.6 is 0 Å². The van der Waals surface area contributed by atoms with E-state index in [4.69, 9.17) is 5.73 Å². The van der Waals surface area contributed by atoms with Crippen molar-refractivity contribution >= 4 is 11.5 Å². The maximum absolute atomic E-state index is 12.8. The van der Waals surface area contributed by atoms with E-state index in [1.165, 1.54) is 6.07 Å². The molecule has 4 heterocycles. The highest BCUT2D eigenvalue weighted by Crippen LogP contribution is 2.30. The minimum Gasteiger partial charge on any atom is -0.394 e. The number of hydrogen-bond acceptors (Lipinski definition) is 6. The third-order valence-corrected chi connectivity index (χ3v) is 5.39. The predicted octanol–water partition coefficient (Wildman–Crippen LogP) is 2.47. The molecule has 0 unspecified atom stereocenters. The fourth-order valence-corrected chi connectivity index (χ4v) is 3.77. The fraction of sp³-hybridized carbons (Fsp3) is 0.350. The van der Waals surface area contributed by atoms with Gasteiger partial charge in [0.05, 0.1) is 16.9 Å². The Labute approximate surface area is 175 Å². The van der Waals surface area contributed by atoms with Crippen LogP contribution in [0.2, 0.25) is 0 Å². The molecule has 3 aromatic heterocycles. The topological polar surface area (TPSA) is 107 Å². The molecule has 1 saturated heterocycles. The first-order valence-electron chi connectivity index (χ1n) is 9.76. The molecule has 1 aliphatic rings. The van der Waals surface area contributed by atoms with E-state index >= 15 is 0 Å². The summed E-state index contributed by atoms with van der Waals surface area (Å²) in [6, 6.07) is 5.80. The highest BCUT2D eigenvalue weighted by atomic mass is 19.4. The Morgan fingerprint density at radius 3 is 2.68 bits per heavy atom. The summed E-state index contributed by atoms with van der Waals surface area (Å²) < 4.78 is 38.3. The van der Waals surface area contributed by atoms with Crippen LogP contribution in [0.3, 0.4) is 0 Å². The quantitative estimate of drug-likeness (QED) is 0.584. The van der Waals surface area contributed by atoms with Crippen molar-refractivity contribution in [2.24, 2.45) is 0 Å². The van der Waals surface area contributed by atoms with E-state index in [0.717, 1.165) is 17.8 Å². The van der Waals surface area contributed by atoms with Crippen molar-refractivity contribution in [1.82, 2.24) is 25.1 Å². The highest BCUT2D eigenvalue weighted by Gasteiger charge is 2.32. The number of aromatic amines is 2. The molecule has 164 valence electrons. The molecule has 8 nitrogen and oxygen atoms in total. The minimum atomic E-state index is -4.40. The lowest BCUT2D eigenvalue weighted by atomic mass is 10.1. The number of aromatic nitrogens is 4. The maximum Gasteiger partial charge on any atom is 0.417 e. The van der Waals surface area contributed by atoms with Gasteiger partial charge in [0.15, 0.2) is 0 Å². The Morgan fingerprint density at radius 1 is 1.23 bits per heavy atom. The second kappa shape index (κ2) is 8.06. The van der Waals surface area contributed by atoms with E-state index in [9.17, 15) is 18.0 Å². The van der Waals surface area contributed by atoms with E-state index in [1.54, 1.807) is 18.3 Å². The van der Waals surface area contributed by atoms with E-state index in [2.05, 4.69) is 25.1 Å². The third kappa shape index (κ3) is 4.41. The summed E-state index contributed by atoms with van der Waals surface area (Å²) in [6.07, 6.45) is -1.73. The lowest BCUT2D eigenvalue weighted by Gasteiger charge is -2.40. The lowest BCUT2D eigenvalue weighted by molar-refractivity contribution is -0.137. The first-order chi connectivity index (χ1) is 14.7. The van der Waals surface area contributed by atoms with Gasteiger partial charge in [-0.1, -0.05) is 0 Å². The average molecular weight is 433 g/mol. The van der Waals surface area contributed by atoms with E-state index in [1.807, 2.05) is 11.8 Å². The van der Waals surface area contributed by atoms with Gasteiger partial charge < -0.3 is 15.6 Å². The molecule has 31 heavy (non-hydrogen) atoms. The minimum absolute atomic E-state index is 0.0599. The number of halogens is 3. The Hall–Kier alpha value is -3.34. The summed E-state index contributed by atoms with van der Waals surface area (Å²) >= 11 is 0. The van der Waals surface area contributed by atoms with Gasteiger partial charge in [0.1, 0.15) is 11.5 Å². The van der Waals surface area contributed by atoms with Crippen molar-refractivity contribution in [2.45, 2.75) is 25.7 Å². The number of nitrogens with zero attached hydrogens (tertiary/aromatic N) is 4. The first-order valence-corrected chi connectivity index (χ1v) is 9.76. The molecule has 0 aliphatic carbocycles. The molecular formula is C20H22F3N7O. The average Bonchev–Trinajstić information content (AvgIpc) is 3.18. The summed E-state index contributed by atoms with van der Waals surface area (Å²) in [4.78, 5) is 22.8. The standard InChI is InChI=1S/C20H22F3N7O/c1-12-10-29(6-7-30(12)17-5-2-14(9-25-17)20(21,22)23)11-13-8-26-28-18(13)16-4-3-15(24)19(31)27-16/h2-5,8-9,12H,6-7,10-11,24H2,1H3,(H,26,28)(H,27,31)/t12-/m1/s1. The SMILES string of the molecule is C[C@@H]1CN(Cc2c[nH]nc2-c2ccc(N)c(=O)[nH]2)CCN1c1ccc(C(F)(F)F)cn1. The summed E-state index contributed by atoms with van der Waals surface area (Å²) in [5, 5.41) is 7.10. The Bertz CT molecular complexity index is 1110. The monoisotopic (exact) mass is 433 g/mol. The number of nitrogen functional groups attached to an aromatic ring is 1. The van der Waals surface area contributed by atoms with Crippen LogP contribution in [0.1, 0.15) is 18.1 Å². The molecule has 0 spiro atoms. The van der Waals surface area contributed by atoms with E-state index in [-0.39, 0.29) is 17.3 Å². The van der Waals surface area contributed by atoms with Crippen LogP contribution in [0, 0.1) is 0 Å². The van der Waals surface area contributed by atoms with Crippen molar-refractivity contribution in [2.75, 3.05) is 30.3 Å². The zero-order chi connectivity index (χ0) is 22.2. The van der Waals surface area contributed by atoms with Crippen LogP contribution in [0.15, 0.2) is 41.5 Å². The van der Waals surface area contributed by atoms with Crippen molar-refractivity contribution in [3.05, 3.63) is 58.1 Å². The summed E-state index contributed by atoms with van der Waals surface area (Å²) in [6.45, 7) is 4.66. The van der Waals surface area contributed by atoms with Gasteiger partial charge in [0, 0.05) is 50.2 Å². The maximum atomic E-state index is 12.8. The van der Waals surface area contributed by atoms with Gasteiger partial charge in [-0.15, -0.1) is 0 Å². The number of anilines is 2. The summed E-state index contributed by atoms with van der Waals surface area (Å²) in [7, 11) is 0. The number of nitrogens with one attached hydrogen (secondary N) is 2. The molecule has 0 amide bonds. The van der Waals surface area contributed by atoms with Gasteiger partial charge in [-0.25, -0.2) is 4.98 Å². The molecular weight excluding hydrogens is 411 g/mol. The largest absolute Gasteiger partial charge is 0.417 e. The van der Waals surface area contributed by atoms with Crippen LogP contribution in [-0.4, -0.2) is 50.7 Å². The van der Waals surface area contributed by atoms with Crippen LogP contribution in [0.5, 0.6) is 0 Å². The number of H-pyrrole nitrogens is 2. The fourth-order valence-electron chi connectivity index (χ4n) is 3.77. The molecule has 1 atom stereocenters. The second-order valence-electron chi connectivity index (χ2n) is 7.60. The van der Waals surface area contributed by atoms with Gasteiger partial charge in [-0.2, -0.15) is 18.3 Å². The number of rotatable bonds is 4. The number of nitrogens with two attached hydrogens (primary N) is 1. The predicted molar refractivity (Wildman–Crippen MR) is 110 cm³/mol. The Morgan fingerprint density at radius 2 is 2.03 bits per heavy atom. The normalized spacial score (nSPS) is 17.8. The van der Waals surface area contributed by atoms with Crippen LogP contribution in [0.25, 0.3) is 11.4 Å². The second-order valence-corrected chi connectivity index (χ2v) is 7.60. The number of alkyl halides is 3. The number of hydrogen-bond donors (Lipinski definition) is 3. The zero-order valence-electron chi connectivity index (χ0n) is 16.8. The van der Waals surface area contributed by atoms with Crippen molar-refractivity contribution in [1.29, 1.82) is 0 Å². The van der Waals surface area contributed by atoms with Gasteiger partial charge in [-0.05, 0) is 31.2 Å². The van der Waals surface area contributed by atoms with Gasteiger partial charge in [0.25, 0.3) is 5.56 Å². The van der Waals surface area contributed by atoms with Crippen LogP contribution < -0.4 is 16.2 Å². The molecule has 3 aromatic rings. The number of piperazine rings is 1. The zero-order valence-corrected chi connectivity index (χ0v) is 16.8. The molecule has 0 radical (unpaired) electrons. The van der Waals surface area contributed by atoms with Crippen molar-refractivity contribution in [3.63, 3.8) is 0 Å². The van der Waals surface area contributed by atoms with Crippen LogP contribution in [-0.2, 0) is 12.7 Å². The molecule has 4 N–H and O–H groups in total. The summed E-state index contributed by atoms with van der Waals surface area (Å²) in [5.74, 6) is 0.531. The van der Waals surface area contributed by atoms with Crippen molar-refractivity contribution < 1.29 is 13.2 Å². The number of pyridine rings is 2. The van der Waals surface area contributed by atoms with Crippen LogP contribution in [0.4, 0.5) is 24.7 Å². The Balaban J connectivity index is 1.44. The smallest absolute Gasteiger partial charge is 0.394 e. The van der Waals surface area contributed by atoms with Gasteiger partial charge in [0.2, 0.25) is 0 Å². The van der Waals surface area contributed by atoms with Gasteiger partial charge in [-0.3, -0.25) is 14.8 Å². The molecule has 0 aromatic carbocycles. The van der Waals surface area contributed by atoms with Crippen molar-refractivity contribution in [3.8, 4) is 11.4 Å². The van der Waals surface area contributed by atoms with Gasteiger partial charge >= 0.3 is 6.18 Å². The highest BCUT2D eigenvalue weighted by molar-refractivity contribution is 5.59. The molecule has 11 heteroatoms. The Kier molecular flexibility index (Phi) is 5.44. The van der Waals surface area contributed by atoms with E-state index < -0.39 is 11.7 Å². The lowest BCUT2D eigenvalue weighted by Crippen LogP contribution is -2.51. The summed E-state index contributed by atoms with van der Waals surface area (Å²) in [5.41, 5.74) is 6.77. The molecule has 0 saturated carbocycles. The first kappa shape index (κ1) is 20.9. The molecule has 4 rings (SSSR count). The molecule has 0 bridgehead atoms.